The summed E-state index contributed by atoms with van der Waals surface area (Å²) in [6.07, 6.45) is 1.03. The summed E-state index contributed by atoms with van der Waals surface area (Å²) in [5.41, 5.74) is 4.51. The number of likely N-dealkylation sites (N-methyl/N-ethyl adjacent to an activating group) is 2. The Morgan fingerprint density at radius 1 is 1.29 bits per heavy atom. The number of hydrogen-bond donors (Lipinski definition) is 2. The maximum atomic E-state index is 13.5. The fourth-order valence-corrected chi connectivity index (χ4v) is 4.91. The molecule has 2 aliphatic rings. The van der Waals surface area contributed by atoms with E-state index >= 15 is 0 Å². The van der Waals surface area contributed by atoms with Crippen LogP contribution in [0.3, 0.4) is 0 Å². The second-order valence-corrected chi connectivity index (χ2v) is 9.35. The summed E-state index contributed by atoms with van der Waals surface area (Å²) in [5, 5.41) is 24.3. The smallest absolute Gasteiger partial charge is 0.231 e. The third-order valence-electron chi connectivity index (χ3n) is 7.00. The number of hydrogen-bond acceptors (Lipinski definition) is 7. The van der Waals surface area contributed by atoms with E-state index in [2.05, 4.69) is 25.5 Å². The van der Waals surface area contributed by atoms with Crippen LogP contribution in [0.2, 0.25) is 0 Å². The van der Waals surface area contributed by atoms with Crippen molar-refractivity contribution >= 4 is 17.5 Å². The van der Waals surface area contributed by atoms with Crippen LogP contribution < -0.4 is 4.90 Å². The molecule has 0 saturated carbocycles. The molecule has 1 unspecified atom stereocenters. The number of rotatable bonds is 7. The standard InChI is InChI=1S/C25H29N7O3/c1-30-21-10-16(6-7-18(21)13-24(30)35)11-23(34)31(2)22(15-32-9-8-20(33)14-32)17-4-3-5-19(12-17)25-26-28-29-27-25/h3-7,10,12,20,22,33H,8-9,11,13-15H2,1-2H3,(H,26,27,28,29)/t20-,22?/m0/s1. The SMILES string of the molecule is CN1C(=O)Cc2ccc(CC(=O)N(C)C(CN3CC[C@H](O)C3)c3cccc(-c4nn[nH]n4)c3)cc21. The lowest BCUT2D eigenvalue weighted by Gasteiger charge is -2.32. The number of likely N-dealkylation sites (tertiary alicyclic amines) is 1. The number of nitrogens with one attached hydrogen (secondary N) is 1. The Morgan fingerprint density at radius 3 is 2.89 bits per heavy atom. The molecule has 10 heteroatoms. The predicted molar refractivity (Wildman–Crippen MR) is 129 cm³/mol. The minimum atomic E-state index is -0.339. The maximum absolute atomic E-state index is 13.5. The molecule has 10 nitrogen and oxygen atoms in total. The molecule has 2 atom stereocenters. The summed E-state index contributed by atoms with van der Waals surface area (Å²) in [5.74, 6) is 0.537. The van der Waals surface area contributed by atoms with Gasteiger partial charge in [-0.3, -0.25) is 14.5 Å². The van der Waals surface area contributed by atoms with Gasteiger partial charge in [-0.15, -0.1) is 10.2 Å². The summed E-state index contributed by atoms with van der Waals surface area (Å²) >= 11 is 0. The first-order chi connectivity index (χ1) is 16.9. The summed E-state index contributed by atoms with van der Waals surface area (Å²) in [7, 11) is 3.59. The van der Waals surface area contributed by atoms with E-state index < -0.39 is 0 Å². The number of anilines is 1. The topological polar surface area (TPSA) is 119 Å². The van der Waals surface area contributed by atoms with Gasteiger partial charge in [0.05, 0.1) is 25.0 Å². The molecular formula is C25H29N7O3. The number of nitrogens with zero attached hydrogens (tertiary/aromatic N) is 6. The number of aromatic nitrogens is 4. The van der Waals surface area contributed by atoms with E-state index in [1.165, 1.54) is 0 Å². The number of tetrazole rings is 1. The number of aromatic amines is 1. The Kier molecular flexibility index (Phi) is 6.31. The van der Waals surface area contributed by atoms with Gasteiger partial charge in [0.2, 0.25) is 17.6 Å². The molecule has 182 valence electrons. The van der Waals surface area contributed by atoms with E-state index in [0.717, 1.165) is 40.9 Å². The lowest BCUT2D eigenvalue weighted by atomic mass is 10.0. The van der Waals surface area contributed by atoms with Crippen molar-refractivity contribution < 1.29 is 14.7 Å². The fourth-order valence-electron chi connectivity index (χ4n) is 4.91. The van der Waals surface area contributed by atoms with Gasteiger partial charge >= 0.3 is 0 Å². The molecule has 35 heavy (non-hydrogen) atoms. The third-order valence-corrected chi connectivity index (χ3v) is 7.00. The van der Waals surface area contributed by atoms with Gasteiger partial charge in [0.1, 0.15) is 0 Å². The lowest BCUT2D eigenvalue weighted by molar-refractivity contribution is -0.131. The quantitative estimate of drug-likeness (QED) is 0.527. The van der Waals surface area contributed by atoms with Crippen molar-refractivity contribution in [3.05, 3.63) is 59.2 Å². The van der Waals surface area contributed by atoms with Gasteiger partial charge in [0, 0.05) is 45.0 Å². The molecule has 2 aliphatic heterocycles. The zero-order valence-corrected chi connectivity index (χ0v) is 19.9. The van der Waals surface area contributed by atoms with Crippen molar-refractivity contribution in [3.8, 4) is 11.4 Å². The molecule has 5 rings (SSSR count). The monoisotopic (exact) mass is 475 g/mol. The first kappa shape index (κ1) is 23.1. The summed E-state index contributed by atoms with van der Waals surface area (Å²) in [6.45, 7) is 1.99. The van der Waals surface area contributed by atoms with Crippen LogP contribution in [0.5, 0.6) is 0 Å². The van der Waals surface area contributed by atoms with E-state index in [1.807, 2.05) is 49.5 Å². The summed E-state index contributed by atoms with van der Waals surface area (Å²) < 4.78 is 0. The Morgan fingerprint density at radius 2 is 2.14 bits per heavy atom. The van der Waals surface area contributed by atoms with Crippen LogP contribution in [0.1, 0.15) is 29.2 Å². The Hall–Kier alpha value is -3.63. The molecule has 1 fully saturated rings. The molecule has 0 radical (unpaired) electrons. The van der Waals surface area contributed by atoms with Crippen LogP contribution in [0.4, 0.5) is 5.69 Å². The Balaban J connectivity index is 1.39. The minimum Gasteiger partial charge on any atom is -0.392 e. The van der Waals surface area contributed by atoms with Crippen LogP contribution in [-0.4, -0.2) is 87.2 Å². The number of carbonyl (C=O) groups is 2. The number of amides is 2. The number of H-pyrrole nitrogens is 1. The van der Waals surface area contributed by atoms with Gasteiger partial charge in [-0.2, -0.15) is 5.21 Å². The lowest BCUT2D eigenvalue weighted by Crippen LogP contribution is -2.39. The third kappa shape index (κ3) is 4.80. The Labute approximate surface area is 203 Å². The van der Waals surface area contributed by atoms with Crippen molar-refractivity contribution in [3.63, 3.8) is 0 Å². The van der Waals surface area contributed by atoms with Gasteiger partial charge < -0.3 is 14.9 Å². The highest BCUT2D eigenvalue weighted by Crippen LogP contribution is 2.30. The molecule has 3 aromatic rings. The normalized spacial score (nSPS) is 18.7. The molecular weight excluding hydrogens is 446 g/mol. The van der Waals surface area contributed by atoms with E-state index in [4.69, 9.17) is 0 Å². The van der Waals surface area contributed by atoms with E-state index in [1.54, 1.807) is 16.8 Å². The van der Waals surface area contributed by atoms with Crippen molar-refractivity contribution in [1.29, 1.82) is 0 Å². The van der Waals surface area contributed by atoms with E-state index in [0.29, 0.717) is 25.3 Å². The van der Waals surface area contributed by atoms with Crippen molar-refractivity contribution in [2.45, 2.75) is 31.4 Å². The molecule has 1 aromatic heterocycles. The second kappa shape index (κ2) is 9.55. The molecule has 3 heterocycles. The molecule has 0 aliphatic carbocycles. The molecule has 2 amide bonds. The van der Waals surface area contributed by atoms with Crippen molar-refractivity contribution in [2.24, 2.45) is 0 Å². The Bertz CT molecular complexity index is 1230. The zero-order valence-electron chi connectivity index (χ0n) is 19.9. The van der Waals surface area contributed by atoms with Gasteiger partial charge in [-0.05, 0) is 40.5 Å². The molecule has 0 spiro atoms. The van der Waals surface area contributed by atoms with Crippen LogP contribution in [0.15, 0.2) is 42.5 Å². The van der Waals surface area contributed by atoms with Gasteiger partial charge in [0.15, 0.2) is 0 Å². The number of benzene rings is 2. The zero-order chi connectivity index (χ0) is 24.5. The number of β-amino-alcohol motifs (C(OH)–C–C–N with tert-alkyl or cyclic N) is 1. The fraction of sp³-hybridized carbons (Fsp3) is 0.400. The molecule has 0 bridgehead atoms. The average Bonchev–Trinajstić information content (AvgIpc) is 3.59. The maximum Gasteiger partial charge on any atom is 0.231 e. The number of carbonyl (C=O) groups excluding carboxylic acids is 2. The van der Waals surface area contributed by atoms with Crippen LogP contribution in [-0.2, 0) is 22.4 Å². The number of fused-ring (bicyclic) bond motifs is 1. The van der Waals surface area contributed by atoms with Gasteiger partial charge in [-0.25, -0.2) is 0 Å². The van der Waals surface area contributed by atoms with Crippen LogP contribution in [0.25, 0.3) is 11.4 Å². The molecule has 2 N–H and O–H groups in total. The summed E-state index contributed by atoms with van der Waals surface area (Å²) in [6, 6.07) is 13.4. The number of aliphatic hydroxyl groups is 1. The van der Waals surface area contributed by atoms with Gasteiger partial charge in [-0.1, -0.05) is 30.3 Å². The first-order valence-corrected chi connectivity index (χ1v) is 11.8. The average molecular weight is 476 g/mol. The first-order valence-electron chi connectivity index (χ1n) is 11.8. The predicted octanol–water partition coefficient (Wildman–Crippen LogP) is 1.19. The summed E-state index contributed by atoms with van der Waals surface area (Å²) in [4.78, 5) is 31.1. The van der Waals surface area contributed by atoms with Crippen LogP contribution >= 0.6 is 0 Å². The van der Waals surface area contributed by atoms with Gasteiger partial charge in [0.25, 0.3) is 0 Å². The van der Waals surface area contributed by atoms with Crippen molar-refractivity contribution in [1.82, 2.24) is 30.4 Å². The van der Waals surface area contributed by atoms with Crippen molar-refractivity contribution in [2.75, 3.05) is 38.6 Å². The van der Waals surface area contributed by atoms with Crippen LogP contribution in [0, 0.1) is 0 Å². The van der Waals surface area contributed by atoms with E-state index in [-0.39, 0.29) is 30.4 Å². The number of aliphatic hydroxyl groups excluding tert-OH is 1. The highest BCUT2D eigenvalue weighted by molar-refractivity contribution is 6.01. The largest absolute Gasteiger partial charge is 0.392 e. The van der Waals surface area contributed by atoms with E-state index in [9.17, 15) is 14.7 Å². The molecule has 1 saturated heterocycles. The second-order valence-electron chi connectivity index (χ2n) is 9.35. The molecule has 2 aromatic carbocycles. The highest BCUT2D eigenvalue weighted by atomic mass is 16.3. The highest BCUT2D eigenvalue weighted by Gasteiger charge is 2.29. The minimum absolute atomic E-state index is 0.0216.